The number of piperidine rings is 1. The molecule has 5 heteroatoms. The van der Waals surface area contributed by atoms with E-state index in [1.807, 2.05) is 35.2 Å². The number of nitrogens with zero attached hydrogens (tertiary/aromatic N) is 3. The summed E-state index contributed by atoms with van der Waals surface area (Å²) in [6.07, 6.45) is 4.62. The first-order valence-electron chi connectivity index (χ1n) is 8.99. The highest BCUT2D eigenvalue weighted by Crippen LogP contribution is 2.43. The van der Waals surface area contributed by atoms with Crippen LogP contribution in [0.2, 0.25) is 0 Å². The normalized spacial score (nSPS) is 21.3. The first kappa shape index (κ1) is 15.2. The fourth-order valence-electron chi connectivity index (χ4n) is 4.57. The summed E-state index contributed by atoms with van der Waals surface area (Å²) in [5.74, 6) is 0.440. The zero-order valence-electron chi connectivity index (χ0n) is 14.3. The average Bonchev–Trinajstić information content (AvgIpc) is 3.30. The molecule has 5 rings (SSSR count). The monoisotopic (exact) mass is 342 g/mol. The van der Waals surface area contributed by atoms with Crippen LogP contribution in [-0.4, -0.2) is 33.4 Å². The molecule has 2 aliphatic rings. The number of fused-ring (bicyclic) bond motifs is 4. The van der Waals surface area contributed by atoms with E-state index in [-0.39, 0.29) is 11.9 Å². The maximum absolute atomic E-state index is 13.2. The lowest BCUT2D eigenvalue weighted by Gasteiger charge is -2.38. The molecule has 1 amide bonds. The standard InChI is InChI=1S/C21H18N4O/c1-22-15-6-4-13-10-20-16(17(13)11-15)3-2-8-25(20)21(26)14-5-7-18-19(9-14)24-12-23-18/h4-7,9,11-12,16,20H,2-3,8,10H2,(H,23,24)/t16-,20+/m1/s1. The molecule has 2 heterocycles. The largest absolute Gasteiger partial charge is 0.345 e. The van der Waals surface area contributed by atoms with Gasteiger partial charge in [-0.2, -0.15) is 0 Å². The van der Waals surface area contributed by atoms with Gasteiger partial charge in [-0.05, 0) is 43.0 Å². The molecule has 2 atom stereocenters. The van der Waals surface area contributed by atoms with Crippen molar-refractivity contribution in [3.05, 3.63) is 70.8 Å². The van der Waals surface area contributed by atoms with Gasteiger partial charge in [-0.3, -0.25) is 4.79 Å². The molecule has 5 nitrogen and oxygen atoms in total. The summed E-state index contributed by atoms with van der Waals surface area (Å²) in [5, 5.41) is 0. The molecule has 26 heavy (non-hydrogen) atoms. The Kier molecular flexibility index (Phi) is 3.32. The number of hydrogen-bond acceptors (Lipinski definition) is 2. The van der Waals surface area contributed by atoms with Gasteiger partial charge in [0, 0.05) is 24.1 Å². The number of rotatable bonds is 1. The third kappa shape index (κ3) is 2.22. The highest BCUT2D eigenvalue weighted by atomic mass is 16.2. The molecule has 0 radical (unpaired) electrons. The van der Waals surface area contributed by atoms with E-state index in [9.17, 15) is 4.79 Å². The highest BCUT2D eigenvalue weighted by molar-refractivity contribution is 5.97. The number of H-pyrrole nitrogens is 1. The molecule has 0 saturated carbocycles. The maximum atomic E-state index is 13.2. The van der Waals surface area contributed by atoms with Crippen LogP contribution in [0.3, 0.4) is 0 Å². The summed E-state index contributed by atoms with van der Waals surface area (Å²) < 4.78 is 0. The Morgan fingerprint density at radius 1 is 1.27 bits per heavy atom. The molecule has 0 bridgehead atoms. The predicted octanol–water partition coefficient (Wildman–Crippen LogP) is 4.06. The number of nitrogens with one attached hydrogen (secondary N) is 1. The van der Waals surface area contributed by atoms with Gasteiger partial charge in [-0.1, -0.05) is 23.8 Å². The second-order valence-corrected chi connectivity index (χ2v) is 7.15. The van der Waals surface area contributed by atoms with Gasteiger partial charge in [0.1, 0.15) is 0 Å². The van der Waals surface area contributed by atoms with Gasteiger partial charge < -0.3 is 9.88 Å². The first-order valence-corrected chi connectivity index (χ1v) is 8.99. The number of imidazole rings is 1. The second-order valence-electron chi connectivity index (χ2n) is 7.15. The van der Waals surface area contributed by atoms with Crippen molar-refractivity contribution in [2.75, 3.05) is 6.54 Å². The quantitative estimate of drug-likeness (QED) is 0.678. The molecule has 1 aliphatic carbocycles. The molecule has 0 unspecified atom stereocenters. The number of benzene rings is 2. The highest BCUT2D eigenvalue weighted by Gasteiger charge is 2.40. The lowest BCUT2D eigenvalue weighted by atomic mass is 9.88. The fourth-order valence-corrected chi connectivity index (χ4v) is 4.57. The lowest BCUT2D eigenvalue weighted by Crippen LogP contribution is -2.46. The van der Waals surface area contributed by atoms with E-state index in [4.69, 9.17) is 6.57 Å². The Bertz CT molecular complexity index is 1060. The van der Waals surface area contributed by atoms with Crippen LogP contribution >= 0.6 is 0 Å². The van der Waals surface area contributed by atoms with Gasteiger partial charge in [0.25, 0.3) is 5.91 Å². The van der Waals surface area contributed by atoms with E-state index in [2.05, 4.69) is 20.9 Å². The van der Waals surface area contributed by atoms with Crippen molar-refractivity contribution >= 4 is 22.6 Å². The number of aromatic nitrogens is 2. The van der Waals surface area contributed by atoms with Crippen LogP contribution < -0.4 is 0 Å². The fraction of sp³-hybridized carbons (Fsp3) is 0.286. The van der Waals surface area contributed by atoms with Crippen LogP contribution in [0, 0.1) is 6.57 Å². The van der Waals surface area contributed by atoms with Gasteiger partial charge in [0.15, 0.2) is 5.69 Å². The van der Waals surface area contributed by atoms with Crippen molar-refractivity contribution in [1.82, 2.24) is 14.9 Å². The third-order valence-electron chi connectivity index (χ3n) is 5.79. The molecule has 1 N–H and O–H groups in total. The van der Waals surface area contributed by atoms with Crippen LogP contribution in [0.4, 0.5) is 5.69 Å². The zero-order chi connectivity index (χ0) is 17.7. The topological polar surface area (TPSA) is 53.4 Å². The number of hydrogen-bond donors (Lipinski definition) is 1. The Labute approximate surface area is 151 Å². The number of aromatic amines is 1. The third-order valence-corrected chi connectivity index (χ3v) is 5.79. The molecule has 1 fully saturated rings. The van der Waals surface area contributed by atoms with E-state index in [1.54, 1.807) is 6.33 Å². The average molecular weight is 342 g/mol. The van der Waals surface area contributed by atoms with E-state index >= 15 is 0 Å². The van der Waals surface area contributed by atoms with Crippen molar-refractivity contribution in [2.24, 2.45) is 0 Å². The summed E-state index contributed by atoms with van der Waals surface area (Å²) in [6.45, 7) is 8.06. The second kappa shape index (κ2) is 5.70. The van der Waals surface area contributed by atoms with Crippen LogP contribution in [0.5, 0.6) is 0 Å². The summed E-state index contributed by atoms with van der Waals surface area (Å²) >= 11 is 0. The molecule has 2 aromatic carbocycles. The zero-order valence-corrected chi connectivity index (χ0v) is 14.3. The molecule has 0 spiro atoms. The molecular weight excluding hydrogens is 324 g/mol. The van der Waals surface area contributed by atoms with Gasteiger partial charge >= 0.3 is 0 Å². The first-order chi connectivity index (χ1) is 12.7. The minimum absolute atomic E-state index is 0.0920. The summed E-state index contributed by atoms with van der Waals surface area (Å²) in [4.78, 5) is 26.1. The lowest BCUT2D eigenvalue weighted by molar-refractivity contribution is 0.0595. The number of carbonyl (C=O) groups is 1. The van der Waals surface area contributed by atoms with E-state index in [0.29, 0.717) is 17.2 Å². The summed E-state index contributed by atoms with van der Waals surface area (Å²) in [7, 11) is 0. The predicted molar refractivity (Wildman–Crippen MR) is 99.3 cm³/mol. The Morgan fingerprint density at radius 3 is 3.08 bits per heavy atom. The van der Waals surface area contributed by atoms with Gasteiger partial charge in [-0.15, -0.1) is 0 Å². The minimum Gasteiger partial charge on any atom is -0.345 e. The van der Waals surface area contributed by atoms with Crippen molar-refractivity contribution < 1.29 is 4.79 Å². The molecule has 1 saturated heterocycles. The number of carbonyl (C=O) groups excluding carboxylic acids is 1. The van der Waals surface area contributed by atoms with Crippen LogP contribution in [0.15, 0.2) is 42.7 Å². The summed E-state index contributed by atoms with van der Waals surface area (Å²) in [6, 6.07) is 11.8. The van der Waals surface area contributed by atoms with Crippen molar-refractivity contribution in [1.29, 1.82) is 0 Å². The van der Waals surface area contributed by atoms with E-state index in [1.165, 1.54) is 11.1 Å². The molecule has 3 aromatic rings. The van der Waals surface area contributed by atoms with Crippen molar-refractivity contribution in [2.45, 2.75) is 31.2 Å². The van der Waals surface area contributed by atoms with E-state index < -0.39 is 0 Å². The molecular formula is C21H18N4O. The van der Waals surface area contributed by atoms with Crippen molar-refractivity contribution in [3.8, 4) is 0 Å². The van der Waals surface area contributed by atoms with Crippen molar-refractivity contribution in [3.63, 3.8) is 0 Å². The summed E-state index contributed by atoms with van der Waals surface area (Å²) in [5.41, 5.74) is 5.72. The molecule has 1 aromatic heterocycles. The molecule has 1 aliphatic heterocycles. The Balaban J connectivity index is 1.48. The maximum Gasteiger partial charge on any atom is 0.254 e. The van der Waals surface area contributed by atoms with Gasteiger partial charge in [0.05, 0.1) is 23.9 Å². The van der Waals surface area contributed by atoms with Crippen LogP contribution in [0.1, 0.15) is 40.2 Å². The van der Waals surface area contributed by atoms with Crippen LogP contribution in [0.25, 0.3) is 15.9 Å². The van der Waals surface area contributed by atoms with Gasteiger partial charge in [-0.25, -0.2) is 9.83 Å². The Hall–Kier alpha value is -3.13. The molecule has 128 valence electrons. The minimum atomic E-state index is 0.0920. The van der Waals surface area contributed by atoms with E-state index in [0.717, 1.165) is 36.8 Å². The Morgan fingerprint density at radius 2 is 2.19 bits per heavy atom. The van der Waals surface area contributed by atoms with Crippen LogP contribution in [-0.2, 0) is 6.42 Å². The SMILES string of the molecule is [C-]#[N+]c1ccc2c(c1)[C@H]1CCCN(C(=O)c3ccc4nc[nH]c4c3)[C@H]1C2. The van der Waals surface area contributed by atoms with Gasteiger partial charge in [0.2, 0.25) is 0 Å². The number of amides is 1. The number of likely N-dealkylation sites (tertiary alicyclic amines) is 1. The smallest absolute Gasteiger partial charge is 0.254 e.